The molecule has 1 unspecified atom stereocenters. The molecule has 0 fully saturated rings. The van der Waals surface area contributed by atoms with Gasteiger partial charge in [-0.05, 0) is 42.2 Å². The third kappa shape index (κ3) is 2.93. The van der Waals surface area contributed by atoms with Crippen molar-refractivity contribution in [3.8, 4) is 0 Å². The maximum absolute atomic E-state index is 5.80. The fraction of sp³-hybridized carbons (Fsp3) is 0.625. The molecule has 3 N–H and O–H groups in total. The highest BCUT2D eigenvalue weighted by atomic mass is 15.2. The van der Waals surface area contributed by atoms with Crippen molar-refractivity contribution in [3.05, 3.63) is 35.4 Å². The molecule has 1 atom stereocenters. The molecule has 0 radical (unpaired) electrons. The van der Waals surface area contributed by atoms with E-state index in [1.807, 2.05) is 0 Å². The Morgan fingerprint density at radius 3 is 2.17 bits per heavy atom. The molecule has 2 nitrogen and oxygen atoms in total. The molecule has 0 heterocycles. The Morgan fingerprint density at radius 2 is 1.72 bits per heavy atom. The second-order valence-corrected chi connectivity index (χ2v) is 5.63. The molecule has 0 bridgehead atoms. The van der Waals surface area contributed by atoms with Gasteiger partial charge < -0.3 is 0 Å². The lowest BCUT2D eigenvalue weighted by Gasteiger charge is -2.26. The predicted molar refractivity (Wildman–Crippen MR) is 77.1 cm³/mol. The van der Waals surface area contributed by atoms with E-state index in [2.05, 4.69) is 43.5 Å². The monoisotopic (exact) mass is 246 g/mol. The van der Waals surface area contributed by atoms with Crippen LogP contribution < -0.4 is 11.3 Å². The molecule has 0 aliphatic heterocycles. The second-order valence-electron chi connectivity index (χ2n) is 5.63. The summed E-state index contributed by atoms with van der Waals surface area (Å²) in [5, 5.41) is 0. The third-order valence-corrected chi connectivity index (χ3v) is 4.61. The topological polar surface area (TPSA) is 38.0 Å². The molecule has 0 spiro atoms. The van der Waals surface area contributed by atoms with E-state index in [1.165, 1.54) is 43.2 Å². The Bertz CT molecular complexity index is 346. The Kier molecular flexibility index (Phi) is 4.79. The van der Waals surface area contributed by atoms with E-state index in [0.717, 1.165) is 5.92 Å². The zero-order valence-electron chi connectivity index (χ0n) is 11.7. The lowest BCUT2D eigenvalue weighted by Crippen LogP contribution is -2.42. The minimum Gasteiger partial charge on any atom is -0.271 e. The van der Waals surface area contributed by atoms with Crippen molar-refractivity contribution in [2.24, 2.45) is 17.7 Å². The summed E-state index contributed by atoms with van der Waals surface area (Å²) in [4.78, 5) is 0. The molecule has 0 amide bonds. The van der Waals surface area contributed by atoms with Crippen LogP contribution in [0.3, 0.4) is 0 Å². The fourth-order valence-electron chi connectivity index (χ4n) is 3.26. The SMILES string of the molecule is CCC(CC)CC(NN)C1Cc2ccccc2C1. The molecule has 1 aliphatic carbocycles. The quantitative estimate of drug-likeness (QED) is 0.598. The molecule has 1 aromatic rings. The van der Waals surface area contributed by atoms with Gasteiger partial charge in [0.1, 0.15) is 0 Å². The summed E-state index contributed by atoms with van der Waals surface area (Å²) in [6, 6.07) is 9.28. The van der Waals surface area contributed by atoms with Crippen molar-refractivity contribution in [1.29, 1.82) is 0 Å². The molecule has 100 valence electrons. The van der Waals surface area contributed by atoms with E-state index < -0.39 is 0 Å². The van der Waals surface area contributed by atoms with Crippen LogP contribution in [0.15, 0.2) is 24.3 Å². The summed E-state index contributed by atoms with van der Waals surface area (Å²) in [5.74, 6) is 7.27. The zero-order chi connectivity index (χ0) is 13.0. The van der Waals surface area contributed by atoms with Gasteiger partial charge in [0.2, 0.25) is 0 Å². The molecular formula is C16H26N2. The van der Waals surface area contributed by atoms with Crippen molar-refractivity contribution in [1.82, 2.24) is 5.43 Å². The summed E-state index contributed by atoms with van der Waals surface area (Å²) in [7, 11) is 0. The first kappa shape index (κ1) is 13.6. The van der Waals surface area contributed by atoms with Gasteiger partial charge in [0.05, 0.1) is 0 Å². The van der Waals surface area contributed by atoms with Gasteiger partial charge in [0.25, 0.3) is 0 Å². The standard InChI is InChI=1S/C16H26N2/c1-3-12(4-2)9-16(18-17)15-10-13-7-5-6-8-14(13)11-15/h5-8,12,15-16,18H,3-4,9-11,17H2,1-2H3. The molecule has 0 aromatic heterocycles. The average molecular weight is 246 g/mol. The van der Waals surface area contributed by atoms with Crippen molar-refractivity contribution in [2.45, 2.75) is 52.0 Å². The molecule has 0 saturated carbocycles. The van der Waals surface area contributed by atoms with Crippen LogP contribution >= 0.6 is 0 Å². The minimum absolute atomic E-state index is 0.460. The highest BCUT2D eigenvalue weighted by Gasteiger charge is 2.28. The fourth-order valence-corrected chi connectivity index (χ4v) is 3.26. The van der Waals surface area contributed by atoms with Gasteiger partial charge in [-0.15, -0.1) is 0 Å². The van der Waals surface area contributed by atoms with E-state index in [1.54, 1.807) is 0 Å². The number of fused-ring (bicyclic) bond motifs is 1. The summed E-state index contributed by atoms with van der Waals surface area (Å²) in [5.41, 5.74) is 6.12. The van der Waals surface area contributed by atoms with Gasteiger partial charge in [0, 0.05) is 6.04 Å². The largest absolute Gasteiger partial charge is 0.271 e. The number of nitrogens with one attached hydrogen (secondary N) is 1. The average Bonchev–Trinajstić information content (AvgIpc) is 2.84. The highest BCUT2D eigenvalue weighted by molar-refractivity contribution is 5.32. The Labute approximate surface area is 111 Å². The van der Waals surface area contributed by atoms with E-state index in [4.69, 9.17) is 5.84 Å². The van der Waals surface area contributed by atoms with Crippen molar-refractivity contribution < 1.29 is 0 Å². The van der Waals surface area contributed by atoms with Gasteiger partial charge in [-0.1, -0.05) is 51.0 Å². The van der Waals surface area contributed by atoms with Gasteiger partial charge in [-0.25, -0.2) is 0 Å². The first-order valence-electron chi connectivity index (χ1n) is 7.31. The number of hydrogen-bond acceptors (Lipinski definition) is 2. The van der Waals surface area contributed by atoms with Gasteiger partial charge in [-0.3, -0.25) is 11.3 Å². The van der Waals surface area contributed by atoms with Crippen molar-refractivity contribution >= 4 is 0 Å². The smallest absolute Gasteiger partial charge is 0.0247 e. The van der Waals surface area contributed by atoms with Crippen LogP contribution in [-0.4, -0.2) is 6.04 Å². The molecular weight excluding hydrogens is 220 g/mol. The Hall–Kier alpha value is -0.860. The van der Waals surface area contributed by atoms with Crippen LogP contribution in [-0.2, 0) is 12.8 Å². The van der Waals surface area contributed by atoms with Crippen molar-refractivity contribution in [2.75, 3.05) is 0 Å². The minimum atomic E-state index is 0.460. The zero-order valence-corrected chi connectivity index (χ0v) is 11.7. The summed E-state index contributed by atoms with van der Waals surface area (Å²) >= 11 is 0. The Morgan fingerprint density at radius 1 is 1.17 bits per heavy atom. The summed E-state index contributed by atoms with van der Waals surface area (Å²) < 4.78 is 0. The van der Waals surface area contributed by atoms with Crippen LogP contribution in [0.4, 0.5) is 0 Å². The molecule has 2 rings (SSSR count). The Balaban J connectivity index is 1.99. The van der Waals surface area contributed by atoms with E-state index in [9.17, 15) is 0 Å². The second kappa shape index (κ2) is 6.35. The van der Waals surface area contributed by atoms with Crippen LogP contribution in [0.1, 0.15) is 44.2 Å². The van der Waals surface area contributed by atoms with E-state index in [0.29, 0.717) is 12.0 Å². The lowest BCUT2D eigenvalue weighted by atomic mass is 9.86. The number of nitrogens with two attached hydrogens (primary N) is 1. The normalized spacial score (nSPS) is 17.1. The van der Waals surface area contributed by atoms with Crippen LogP contribution in [0.2, 0.25) is 0 Å². The van der Waals surface area contributed by atoms with Gasteiger partial charge in [-0.2, -0.15) is 0 Å². The summed E-state index contributed by atoms with van der Waals surface area (Å²) in [6.07, 6.45) is 6.10. The molecule has 1 aliphatic rings. The van der Waals surface area contributed by atoms with E-state index in [-0.39, 0.29) is 0 Å². The van der Waals surface area contributed by atoms with Crippen LogP contribution in [0, 0.1) is 11.8 Å². The van der Waals surface area contributed by atoms with Crippen LogP contribution in [0.25, 0.3) is 0 Å². The summed E-state index contributed by atoms with van der Waals surface area (Å²) in [6.45, 7) is 4.57. The molecule has 2 heteroatoms. The number of rotatable bonds is 6. The molecule has 0 saturated heterocycles. The highest BCUT2D eigenvalue weighted by Crippen LogP contribution is 2.31. The van der Waals surface area contributed by atoms with Crippen LogP contribution in [0.5, 0.6) is 0 Å². The van der Waals surface area contributed by atoms with E-state index >= 15 is 0 Å². The molecule has 1 aromatic carbocycles. The maximum atomic E-state index is 5.80. The number of hydrazine groups is 1. The van der Waals surface area contributed by atoms with Crippen molar-refractivity contribution in [3.63, 3.8) is 0 Å². The predicted octanol–water partition coefficient (Wildman–Crippen LogP) is 3.06. The lowest BCUT2D eigenvalue weighted by molar-refractivity contribution is 0.290. The van der Waals surface area contributed by atoms with Gasteiger partial charge >= 0.3 is 0 Å². The molecule has 18 heavy (non-hydrogen) atoms. The first-order valence-corrected chi connectivity index (χ1v) is 7.31. The number of benzene rings is 1. The van der Waals surface area contributed by atoms with Gasteiger partial charge in [0.15, 0.2) is 0 Å². The maximum Gasteiger partial charge on any atom is 0.0247 e. The third-order valence-electron chi connectivity index (χ3n) is 4.61. The first-order chi connectivity index (χ1) is 8.78. The number of hydrogen-bond donors (Lipinski definition) is 2.